The van der Waals surface area contributed by atoms with Crippen molar-refractivity contribution in [1.82, 2.24) is 0 Å². The number of rotatable bonds is 2. The first kappa shape index (κ1) is 11.5. The quantitative estimate of drug-likeness (QED) is 0.784. The lowest BCUT2D eigenvalue weighted by atomic mass is 10.00. The van der Waals surface area contributed by atoms with Crippen molar-refractivity contribution in [3.8, 4) is 11.5 Å². The Morgan fingerprint density at radius 1 is 1.56 bits per heavy atom. The number of aldehydes is 1. The van der Waals surface area contributed by atoms with Gasteiger partial charge in [-0.05, 0) is 35.8 Å². The zero-order valence-electron chi connectivity index (χ0n) is 9.46. The highest BCUT2D eigenvalue weighted by atomic mass is 79.9. The number of hydrogen-bond acceptors (Lipinski definition) is 3. The van der Waals surface area contributed by atoms with Crippen LogP contribution in [0.5, 0.6) is 11.5 Å². The Bertz CT molecular complexity index is 452. The number of halogens is 1. The number of hydrogen-bond donors (Lipinski definition) is 0. The van der Waals surface area contributed by atoms with Gasteiger partial charge in [-0.15, -0.1) is 0 Å². The van der Waals surface area contributed by atoms with Gasteiger partial charge in [-0.1, -0.05) is 0 Å². The van der Waals surface area contributed by atoms with E-state index in [0.717, 1.165) is 28.5 Å². The summed E-state index contributed by atoms with van der Waals surface area (Å²) in [4.78, 5) is 10.9. The molecular formula is C12H13BrO3. The fourth-order valence-electron chi connectivity index (χ4n) is 1.94. The first-order chi connectivity index (χ1) is 7.48. The normalized spacial score (nSPS) is 16.5. The third kappa shape index (κ3) is 1.71. The fourth-order valence-corrected chi connectivity index (χ4v) is 2.47. The summed E-state index contributed by atoms with van der Waals surface area (Å²) in [5.41, 5.74) is 1.35. The van der Waals surface area contributed by atoms with E-state index in [0.29, 0.717) is 11.3 Å². The molecule has 0 amide bonds. The Hall–Kier alpha value is -1.03. The first-order valence-corrected chi connectivity index (χ1v) is 5.81. The second kappa shape index (κ2) is 3.77. The zero-order valence-corrected chi connectivity index (χ0v) is 11.1. The van der Waals surface area contributed by atoms with Gasteiger partial charge < -0.3 is 9.47 Å². The molecule has 0 fully saturated rings. The molecule has 86 valence electrons. The fraction of sp³-hybridized carbons (Fsp3) is 0.417. The van der Waals surface area contributed by atoms with Crippen LogP contribution in [0.3, 0.4) is 0 Å². The Labute approximate surface area is 103 Å². The SMILES string of the molecule is COc1cc(C=O)c(Br)c2c1OC(C)(C)C2. The van der Waals surface area contributed by atoms with Crippen molar-refractivity contribution < 1.29 is 14.3 Å². The third-order valence-corrected chi connectivity index (χ3v) is 3.57. The molecule has 0 spiro atoms. The van der Waals surface area contributed by atoms with Gasteiger partial charge in [0.25, 0.3) is 0 Å². The summed E-state index contributed by atoms with van der Waals surface area (Å²) in [6, 6.07) is 1.69. The molecule has 4 heteroatoms. The lowest BCUT2D eigenvalue weighted by molar-refractivity contribution is 0.112. The van der Waals surface area contributed by atoms with Crippen LogP contribution in [0.25, 0.3) is 0 Å². The minimum absolute atomic E-state index is 0.250. The molecule has 0 N–H and O–H groups in total. The molecule has 3 nitrogen and oxygen atoms in total. The molecule has 0 aliphatic carbocycles. The molecule has 1 aliphatic heterocycles. The smallest absolute Gasteiger partial charge is 0.166 e. The summed E-state index contributed by atoms with van der Waals surface area (Å²) in [6.45, 7) is 4.03. The molecule has 1 aliphatic rings. The van der Waals surface area contributed by atoms with Crippen LogP contribution in [0.1, 0.15) is 29.8 Å². The molecule has 0 saturated carbocycles. The van der Waals surface area contributed by atoms with Crippen LogP contribution >= 0.6 is 15.9 Å². The molecule has 0 aromatic heterocycles. The van der Waals surface area contributed by atoms with Crippen LogP contribution in [0, 0.1) is 0 Å². The Morgan fingerprint density at radius 3 is 2.81 bits per heavy atom. The molecule has 0 bridgehead atoms. The van der Waals surface area contributed by atoms with Crippen molar-refractivity contribution in [1.29, 1.82) is 0 Å². The van der Waals surface area contributed by atoms with Gasteiger partial charge in [0.05, 0.1) is 7.11 Å². The second-order valence-corrected chi connectivity index (χ2v) is 5.24. The molecular weight excluding hydrogens is 272 g/mol. The van der Waals surface area contributed by atoms with Crippen LogP contribution in [-0.2, 0) is 6.42 Å². The average Bonchev–Trinajstić information content (AvgIpc) is 2.55. The minimum atomic E-state index is -0.250. The van der Waals surface area contributed by atoms with Gasteiger partial charge in [-0.3, -0.25) is 4.79 Å². The molecule has 0 atom stereocenters. The average molecular weight is 285 g/mol. The lowest BCUT2D eigenvalue weighted by Crippen LogP contribution is -2.24. The molecule has 2 rings (SSSR count). The van der Waals surface area contributed by atoms with Crippen LogP contribution in [0.2, 0.25) is 0 Å². The molecule has 1 aromatic rings. The van der Waals surface area contributed by atoms with Crippen molar-refractivity contribution in [3.05, 3.63) is 21.7 Å². The summed E-state index contributed by atoms with van der Waals surface area (Å²) < 4.78 is 11.9. The third-order valence-electron chi connectivity index (χ3n) is 2.63. The predicted octanol–water partition coefficient (Wildman–Crippen LogP) is 2.98. The predicted molar refractivity (Wildman–Crippen MR) is 64.5 cm³/mol. The van der Waals surface area contributed by atoms with E-state index < -0.39 is 0 Å². The number of ether oxygens (including phenoxy) is 2. The highest BCUT2D eigenvalue weighted by Crippen LogP contribution is 2.46. The maximum Gasteiger partial charge on any atom is 0.166 e. The van der Waals surface area contributed by atoms with E-state index in [2.05, 4.69) is 15.9 Å². The van der Waals surface area contributed by atoms with Gasteiger partial charge >= 0.3 is 0 Å². The Kier molecular flexibility index (Phi) is 2.70. The lowest BCUT2D eigenvalue weighted by Gasteiger charge is -2.17. The van der Waals surface area contributed by atoms with E-state index in [-0.39, 0.29) is 5.60 Å². The highest BCUT2D eigenvalue weighted by molar-refractivity contribution is 9.10. The van der Waals surface area contributed by atoms with Crippen LogP contribution in [0.4, 0.5) is 0 Å². The van der Waals surface area contributed by atoms with Crippen molar-refractivity contribution in [2.24, 2.45) is 0 Å². The van der Waals surface area contributed by atoms with E-state index in [1.165, 1.54) is 0 Å². The summed E-state index contributed by atoms with van der Waals surface area (Å²) in [7, 11) is 1.58. The van der Waals surface area contributed by atoms with Crippen LogP contribution in [-0.4, -0.2) is 19.0 Å². The van der Waals surface area contributed by atoms with Crippen LogP contribution in [0.15, 0.2) is 10.5 Å². The van der Waals surface area contributed by atoms with E-state index in [9.17, 15) is 4.79 Å². The first-order valence-electron chi connectivity index (χ1n) is 5.02. The maximum absolute atomic E-state index is 10.9. The highest BCUT2D eigenvalue weighted by Gasteiger charge is 2.35. The molecule has 16 heavy (non-hydrogen) atoms. The van der Waals surface area contributed by atoms with Crippen molar-refractivity contribution in [3.63, 3.8) is 0 Å². The Morgan fingerprint density at radius 2 is 2.25 bits per heavy atom. The summed E-state index contributed by atoms with van der Waals surface area (Å²) >= 11 is 3.44. The number of benzene rings is 1. The zero-order chi connectivity index (χ0) is 11.9. The summed E-state index contributed by atoms with van der Waals surface area (Å²) in [5.74, 6) is 1.36. The molecule has 1 aromatic carbocycles. The van der Waals surface area contributed by atoms with E-state index in [1.54, 1.807) is 13.2 Å². The van der Waals surface area contributed by atoms with Crippen molar-refractivity contribution >= 4 is 22.2 Å². The second-order valence-electron chi connectivity index (χ2n) is 4.45. The van der Waals surface area contributed by atoms with Gasteiger partial charge in [0.2, 0.25) is 0 Å². The molecule has 0 saturated heterocycles. The van der Waals surface area contributed by atoms with Gasteiger partial charge in [-0.25, -0.2) is 0 Å². The molecule has 0 unspecified atom stereocenters. The number of carbonyl (C=O) groups excluding carboxylic acids is 1. The number of fused-ring (bicyclic) bond motifs is 1. The van der Waals surface area contributed by atoms with Crippen molar-refractivity contribution in [2.45, 2.75) is 25.9 Å². The standard InChI is InChI=1S/C12H13BrO3/c1-12(2)5-8-10(13)7(6-14)4-9(15-3)11(8)16-12/h4,6H,5H2,1-3H3. The largest absolute Gasteiger partial charge is 0.493 e. The topological polar surface area (TPSA) is 35.5 Å². The molecule has 1 heterocycles. The van der Waals surface area contributed by atoms with Gasteiger partial charge in [0.15, 0.2) is 17.8 Å². The van der Waals surface area contributed by atoms with Crippen LogP contribution < -0.4 is 9.47 Å². The van der Waals surface area contributed by atoms with E-state index >= 15 is 0 Å². The number of carbonyl (C=O) groups is 1. The van der Waals surface area contributed by atoms with E-state index in [4.69, 9.17) is 9.47 Å². The summed E-state index contributed by atoms with van der Waals surface area (Å²) in [5, 5.41) is 0. The van der Waals surface area contributed by atoms with Gasteiger partial charge in [0.1, 0.15) is 5.60 Å². The van der Waals surface area contributed by atoms with E-state index in [1.807, 2.05) is 13.8 Å². The van der Waals surface area contributed by atoms with Gasteiger partial charge in [-0.2, -0.15) is 0 Å². The maximum atomic E-state index is 10.9. The monoisotopic (exact) mass is 284 g/mol. The minimum Gasteiger partial charge on any atom is -0.493 e. The van der Waals surface area contributed by atoms with Crippen molar-refractivity contribution in [2.75, 3.05) is 7.11 Å². The summed E-state index contributed by atoms with van der Waals surface area (Å²) in [6.07, 6.45) is 1.58. The molecule has 0 radical (unpaired) electrons. The van der Waals surface area contributed by atoms with Gasteiger partial charge in [0, 0.05) is 22.0 Å². The number of methoxy groups -OCH3 is 1. The Balaban J connectivity index is 2.63.